The Kier molecular flexibility index (Phi) is 44.7. The number of guanidine groups is 1. The van der Waals surface area contributed by atoms with Gasteiger partial charge in [-0.05, 0) is 61.6 Å². The highest BCUT2D eigenvalue weighted by Gasteiger charge is 2.45. The van der Waals surface area contributed by atoms with Crippen molar-refractivity contribution in [2.24, 2.45) is 45.7 Å². The van der Waals surface area contributed by atoms with Crippen molar-refractivity contribution in [3.05, 3.63) is 35.9 Å². The molecule has 25 N–H and O–H groups in total. The van der Waals surface area contributed by atoms with Gasteiger partial charge in [0.25, 0.3) is 0 Å². The average molecular weight is 1660 g/mol. The highest BCUT2D eigenvalue weighted by atomic mass is 28.3. The Bertz CT molecular complexity index is 3280. The number of ether oxygens (including phenoxy) is 1. The summed E-state index contributed by atoms with van der Waals surface area (Å²) in [6.07, 6.45) is -23.2. The van der Waals surface area contributed by atoms with Gasteiger partial charge in [0, 0.05) is 35.3 Å². The number of halogens is 9. The molecule has 0 aliphatic carbocycles. The number of nitrogens with one attached hydrogen (secondary N) is 10. The predicted molar refractivity (Wildman–Crippen MR) is 385 cm³/mol. The number of benzene rings is 1. The van der Waals surface area contributed by atoms with Gasteiger partial charge in [0.2, 0.25) is 59.1 Å². The molecule has 0 aromatic heterocycles. The minimum atomic E-state index is -5.08. The van der Waals surface area contributed by atoms with Crippen molar-refractivity contribution in [1.82, 2.24) is 53.2 Å². The molecule has 0 bridgehead atoms. The van der Waals surface area contributed by atoms with Crippen molar-refractivity contribution in [3.63, 3.8) is 0 Å². The summed E-state index contributed by atoms with van der Waals surface area (Å²) < 4.78 is 101. The summed E-state index contributed by atoms with van der Waals surface area (Å²) in [7, 11) is -3.94. The van der Waals surface area contributed by atoms with Crippen LogP contribution in [0.5, 0.6) is 0 Å². The van der Waals surface area contributed by atoms with E-state index in [-0.39, 0.29) is 62.3 Å². The van der Waals surface area contributed by atoms with E-state index in [1.54, 1.807) is 33.8 Å². The van der Waals surface area contributed by atoms with E-state index in [0.717, 1.165) is 6.92 Å². The van der Waals surface area contributed by atoms with Gasteiger partial charge in [-0.15, -0.1) is 0 Å². The summed E-state index contributed by atoms with van der Waals surface area (Å²) in [5, 5.41) is 90.7. The van der Waals surface area contributed by atoms with Crippen LogP contribution in [0.15, 0.2) is 35.3 Å². The Morgan fingerprint density at radius 1 is 0.607 bits per heavy atom. The number of nitrogens with two attached hydrogens (primary N) is 4. The number of rotatable bonds is 24. The van der Waals surface area contributed by atoms with Crippen LogP contribution in [-0.4, -0.2) is 264 Å². The van der Waals surface area contributed by atoms with Crippen LogP contribution in [0.4, 0.5) is 39.5 Å². The van der Waals surface area contributed by atoms with Crippen molar-refractivity contribution in [3.8, 4) is 0 Å². The quantitative estimate of drug-likeness (QED) is 0.0127. The zero-order valence-corrected chi connectivity index (χ0v) is 65.7. The second-order valence-corrected chi connectivity index (χ2v) is 39.8. The first-order valence-corrected chi connectivity index (χ1v) is 41.8. The third-order valence-electron chi connectivity index (χ3n) is 15.4. The van der Waals surface area contributed by atoms with Crippen LogP contribution in [-0.2, 0) is 71.9 Å². The number of hydrogen-bond donors (Lipinski definition) is 21. The Morgan fingerprint density at radius 2 is 1.05 bits per heavy atom. The van der Waals surface area contributed by atoms with E-state index in [4.69, 9.17) is 57.4 Å². The predicted octanol–water partition coefficient (Wildman–Crippen LogP) is -2.48. The number of aliphatic imine (C=N–C) groups is 1. The van der Waals surface area contributed by atoms with Crippen LogP contribution in [0, 0.1) is 17.8 Å². The summed E-state index contributed by atoms with van der Waals surface area (Å²) in [5.41, 5.74) is 23.1. The number of nitrogens with zero attached hydrogens (tertiary/aromatic N) is 1. The Balaban J connectivity index is 0. The molecule has 1 fully saturated rings. The molecule has 2 rings (SSSR count). The summed E-state index contributed by atoms with van der Waals surface area (Å²) in [6, 6.07) is -8.03. The number of primary amides is 1. The molecular formula is C64H106F9N15O22Si2. The maximum absolute atomic E-state index is 15.5. The van der Waals surface area contributed by atoms with Gasteiger partial charge >= 0.3 is 42.4 Å². The van der Waals surface area contributed by atoms with E-state index < -0.39 is 227 Å². The number of carbonyl (C=O) groups is 14. The van der Waals surface area contributed by atoms with Crippen molar-refractivity contribution in [2.45, 2.75) is 229 Å². The fourth-order valence-corrected chi connectivity index (χ4v) is 12.9. The monoisotopic (exact) mass is 1660 g/mol. The highest BCUT2D eigenvalue weighted by molar-refractivity contribution is 6.76. The number of amides is 10. The van der Waals surface area contributed by atoms with Crippen LogP contribution < -0.4 is 76.1 Å². The van der Waals surface area contributed by atoms with Crippen LogP contribution in [0.1, 0.15) is 85.8 Å². The number of aliphatic hydroxyl groups excluding tert-OH is 4. The fraction of sp³-hybridized carbons (Fsp3) is 0.672. The maximum Gasteiger partial charge on any atom is 0.490 e. The molecule has 15 atom stereocenters. The lowest BCUT2D eigenvalue weighted by Gasteiger charge is -2.34. The third-order valence-corrected chi connectivity index (χ3v) is 18.8. The number of carbonyl (C=O) groups excluding carboxylic acids is 11. The van der Waals surface area contributed by atoms with Gasteiger partial charge in [-0.1, -0.05) is 118 Å². The second kappa shape index (κ2) is 47.9. The van der Waals surface area contributed by atoms with Gasteiger partial charge in [0.1, 0.15) is 42.3 Å². The minimum absolute atomic E-state index is 0.00557. The number of esters is 1. The van der Waals surface area contributed by atoms with Gasteiger partial charge in [-0.2, -0.15) is 39.5 Å². The summed E-state index contributed by atoms with van der Waals surface area (Å²) in [5.74, 6) is -23.6. The van der Waals surface area contributed by atoms with E-state index in [1.807, 2.05) is 25.0 Å². The van der Waals surface area contributed by atoms with E-state index in [2.05, 4.69) is 72.5 Å². The summed E-state index contributed by atoms with van der Waals surface area (Å²) in [6.45, 7) is 21.1. The van der Waals surface area contributed by atoms with Crippen LogP contribution in [0.2, 0.25) is 51.4 Å². The number of hydrogen-bond acceptors (Lipinski definition) is 22. The largest absolute Gasteiger partial charge is 0.490 e. The van der Waals surface area contributed by atoms with Gasteiger partial charge in [0.05, 0.1) is 31.4 Å². The fourth-order valence-electron chi connectivity index (χ4n) is 9.68. The van der Waals surface area contributed by atoms with Crippen LogP contribution >= 0.6 is 0 Å². The number of aliphatic carboxylic acids is 3. The molecule has 37 nitrogen and oxygen atoms in total. The molecule has 112 heavy (non-hydrogen) atoms. The number of aliphatic hydroxyl groups is 4. The van der Waals surface area contributed by atoms with Crippen LogP contribution in [0.25, 0.3) is 0 Å². The molecule has 1 aromatic rings. The van der Waals surface area contributed by atoms with E-state index >= 15 is 9.59 Å². The Morgan fingerprint density at radius 3 is 1.48 bits per heavy atom. The van der Waals surface area contributed by atoms with E-state index in [9.17, 15) is 103 Å². The van der Waals surface area contributed by atoms with E-state index in [0.29, 0.717) is 6.04 Å². The molecule has 0 unspecified atom stereocenters. The molecular weight excluding hydrogens is 1560 g/mol. The zero-order chi connectivity index (χ0) is 87.6. The molecule has 10 amide bonds. The molecule has 0 radical (unpaired) electrons. The van der Waals surface area contributed by atoms with Gasteiger partial charge in [0.15, 0.2) is 24.2 Å². The van der Waals surface area contributed by atoms with Gasteiger partial charge < -0.3 is 117 Å². The minimum Gasteiger partial charge on any atom is -0.475 e. The summed E-state index contributed by atoms with van der Waals surface area (Å²) in [4.78, 5) is 188. The smallest absolute Gasteiger partial charge is 0.475 e. The number of carboxylic acid groups (broad SMARTS) is 3. The summed E-state index contributed by atoms with van der Waals surface area (Å²) >= 11 is 0. The highest BCUT2D eigenvalue weighted by Crippen LogP contribution is 2.26. The van der Waals surface area contributed by atoms with Crippen molar-refractivity contribution < 1.29 is 147 Å². The van der Waals surface area contributed by atoms with Crippen molar-refractivity contribution in [2.75, 3.05) is 26.2 Å². The van der Waals surface area contributed by atoms with E-state index in [1.165, 1.54) is 38.1 Å². The Labute approximate surface area is 640 Å². The molecule has 48 heteroatoms. The van der Waals surface area contributed by atoms with Crippen molar-refractivity contribution >= 4 is 105 Å². The molecule has 1 aliphatic heterocycles. The second-order valence-electron chi connectivity index (χ2n) is 28.8. The standard InChI is InChI=1S/C58H103N15O16Si2.3C2HF3O2/c1-14-31(6)40-53(84)71-41(32(7)75)52(83)65-25-39(76)69-43(46(78)48(60)79)55(86)68-37(26-74)57(88)89-47(33-19-16-15-17-20-33)44(73-51(82)38(28-91(11,12)13)64-24-34(59)27-90(8,9)10)56(87)72-42(45(77)30(4)5)54(85)67-36(23-29(2)3)50(81)66-35(49(80)70-40)21-18-22-63-58(61)62;3*3-2(4,5)1(6)7/h15-17,19-20,29-32,34-38,40-47,64,74-75,77-78H,14,18,21-28,59H2,1-13H3,(H2,60,79)(H,65,83)(H,66,81)(H,67,85)(H,68,86)(H,69,76)(H,70,80)(H,71,84)(H,72,87)(H,73,82)(H4,61,62,63);3*(H,6,7)/t31-,32-,34-,35+,36-,37-,38-,40-,41-,42-,43-,44-,45+,46-,47+;;;/m0.../s1. The molecule has 1 saturated heterocycles. The third kappa shape index (κ3) is 41.2. The lowest BCUT2D eigenvalue weighted by molar-refractivity contribution is -0.193. The number of alkyl halides is 9. The van der Waals surface area contributed by atoms with Gasteiger partial charge in [-0.3, -0.25) is 52.9 Å². The van der Waals surface area contributed by atoms with Crippen LogP contribution in [0.3, 0.4) is 0 Å². The molecule has 0 spiro atoms. The molecule has 1 heterocycles. The maximum atomic E-state index is 15.5. The number of carboxylic acids is 3. The number of cyclic esters (lactones) is 1. The zero-order valence-electron chi connectivity index (χ0n) is 63.7. The average Bonchev–Trinajstić information content (AvgIpc) is 0.815. The lowest BCUT2D eigenvalue weighted by Crippen LogP contribution is -2.64. The van der Waals surface area contributed by atoms with Crippen molar-refractivity contribution in [1.29, 1.82) is 0 Å². The SMILES string of the molecule is CC[C@H](C)[C@@H]1NC(=O)[C@@H](CCCN=C(N)N)NC(=O)[C@H](CC(C)C)NC(=O)[C@H]([C@H](O)C(C)C)NC(=O)[C@@H](NC(=O)[C@H](C[Si](C)(C)C)NC[C@H](N)C[Si](C)(C)C)[C@@H](c2ccccc2)OC(=O)[C@H](CO)NC(=O)[C@H]([C@H](O)C(N)=O)NC(=O)CNC(=O)[C@H]([C@H](C)O)NC1=O.O=C(O)C(F)(F)F.O=C(O)C(F)(F)F.O=C(O)C(F)(F)F. The molecule has 640 valence electrons. The first-order chi connectivity index (χ1) is 51.0. The van der Waals surface area contributed by atoms with Gasteiger partial charge in [-0.25, -0.2) is 19.2 Å². The molecule has 1 aliphatic rings. The molecule has 1 aromatic carbocycles. The topological polar surface area (TPSA) is 627 Å². The first-order valence-electron chi connectivity index (χ1n) is 34.4. The first kappa shape index (κ1) is 105. The molecule has 0 saturated carbocycles. The lowest BCUT2D eigenvalue weighted by atomic mass is 9.95. The normalized spacial score (nSPS) is 22.4. The Hall–Kier alpha value is -9.37.